The molecular weight excluding hydrogens is 380 g/mol. The normalized spacial score (nSPS) is 12.4. The van der Waals surface area contributed by atoms with Crippen LogP contribution in [0.25, 0.3) is 16.6 Å². The van der Waals surface area contributed by atoms with Gasteiger partial charge in [-0.2, -0.15) is 0 Å². The standard InChI is InChI=1S/C23H24N4OS/c1-4-15(2)17-9-5-7-11-19(17)24-22(28)14-29-23-26-25-21-13-16(3)18-10-6-8-12-20(18)27(21)23/h5-13,15H,4,14H2,1-3H3,(H,24,28). The number of carbonyl (C=O) groups excluding carboxylic acids is 1. The Morgan fingerprint density at radius 3 is 2.72 bits per heavy atom. The highest BCUT2D eigenvalue weighted by Gasteiger charge is 2.15. The third-order valence-corrected chi connectivity index (χ3v) is 6.21. The number of aryl methyl sites for hydroxylation is 1. The molecule has 0 aliphatic rings. The van der Waals surface area contributed by atoms with Gasteiger partial charge in [0.2, 0.25) is 5.91 Å². The third kappa shape index (κ3) is 3.85. The van der Waals surface area contributed by atoms with Crippen molar-refractivity contribution >= 4 is 39.9 Å². The average Bonchev–Trinajstić information content (AvgIpc) is 3.15. The number of amides is 1. The smallest absolute Gasteiger partial charge is 0.234 e. The van der Waals surface area contributed by atoms with Gasteiger partial charge in [-0.1, -0.05) is 62.0 Å². The van der Waals surface area contributed by atoms with Gasteiger partial charge in [0.05, 0.1) is 11.3 Å². The molecule has 2 aromatic carbocycles. The summed E-state index contributed by atoms with van der Waals surface area (Å²) in [5.41, 5.74) is 5.07. The fourth-order valence-corrected chi connectivity index (χ4v) is 4.30. The highest BCUT2D eigenvalue weighted by Crippen LogP contribution is 2.28. The van der Waals surface area contributed by atoms with Crippen LogP contribution in [0, 0.1) is 6.92 Å². The molecule has 2 aromatic heterocycles. The summed E-state index contributed by atoms with van der Waals surface area (Å²) in [7, 11) is 0. The number of nitrogens with zero attached hydrogens (tertiary/aromatic N) is 3. The van der Waals surface area contributed by atoms with Crippen molar-refractivity contribution in [1.82, 2.24) is 14.6 Å². The van der Waals surface area contributed by atoms with Crippen LogP contribution >= 0.6 is 11.8 Å². The Balaban J connectivity index is 1.55. The van der Waals surface area contributed by atoms with Crippen molar-refractivity contribution in [2.24, 2.45) is 0 Å². The molecule has 4 aromatic rings. The monoisotopic (exact) mass is 404 g/mol. The van der Waals surface area contributed by atoms with Gasteiger partial charge in [0.15, 0.2) is 10.8 Å². The Labute approximate surface area is 174 Å². The van der Waals surface area contributed by atoms with E-state index in [9.17, 15) is 4.79 Å². The summed E-state index contributed by atoms with van der Waals surface area (Å²) in [6, 6.07) is 18.2. The molecule has 1 unspecified atom stereocenters. The van der Waals surface area contributed by atoms with Crippen molar-refractivity contribution in [2.45, 2.75) is 38.3 Å². The van der Waals surface area contributed by atoms with Crippen LogP contribution in [0.3, 0.4) is 0 Å². The molecule has 1 amide bonds. The lowest BCUT2D eigenvalue weighted by atomic mass is 9.97. The summed E-state index contributed by atoms with van der Waals surface area (Å²) in [6.45, 7) is 6.41. The molecule has 0 aliphatic heterocycles. The second-order valence-electron chi connectivity index (χ2n) is 7.25. The molecule has 0 fully saturated rings. The number of benzene rings is 2. The first kappa shape index (κ1) is 19.5. The Morgan fingerprint density at radius 2 is 1.90 bits per heavy atom. The molecule has 0 saturated heterocycles. The number of fused-ring (bicyclic) bond motifs is 3. The molecule has 2 heterocycles. The van der Waals surface area contributed by atoms with E-state index in [1.807, 2.05) is 40.8 Å². The van der Waals surface area contributed by atoms with Gasteiger partial charge in [0.1, 0.15) is 0 Å². The first-order valence-corrected chi connectivity index (χ1v) is 10.8. The zero-order valence-electron chi connectivity index (χ0n) is 16.8. The lowest BCUT2D eigenvalue weighted by molar-refractivity contribution is -0.113. The minimum atomic E-state index is -0.0427. The van der Waals surface area contributed by atoms with E-state index in [1.165, 1.54) is 17.3 Å². The number of thioether (sulfide) groups is 1. The lowest BCUT2D eigenvalue weighted by Crippen LogP contribution is -2.16. The van der Waals surface area contributed by atoms with Gasteiger partial charge in [0.25, 0.3) is 0 Å². The zero-order valence-corrected chi connectivity index (χ0v) is 17.7. The number of carbonyl (C=O) groups is 1. The molecule has 148 valence electrons. The van der Waals surface area contributed by atoms with Crippen LogP contribution in [-0.4, -0.2) is 26.3 Å². The zero-order chi connectivity index (χ0) is 20.4. The van der Waals surface area contributed by atoms with Gasteiger partial charge >= 0.3 is 0 Å². The molecule has 0 radical (unpaired) electrons. The van der Waals surface area contributed by atoms with Crippen LogP contribution in [0.1, 0.15) is 37.3 Å². The number of pyridine rings is 1. The van der Waals surface area contributed by atoms with Crippen LogP contribution in [0.5, 0.6) is 0 Å². The third-order valence-electron chi connectivity index (χ3n) is 5.28. The largest absolute Gasteiger partial charge is 0.325 e. The summed E-state index contributed by atoms with van der Waals surface area (Å²) in [6.07, 6.45) is 1.03. The van der Waals surface area contributed by atoms with E-state index < -0.39 is 0 Å². The first-order valence-electron chi connectivity index (χ1n) is 9.83. The molecule has 4 rings (SSSR count). The van der Waals surface area contributed by atoms with Crippen molar-refractivity contribution in [2.75, 3.05) is 11.1 Å². The van der Waals surface area contributed by atoms with E-state index in [4.69, 9.17) is 0 Å². The second kappa shape index (κ2) is 8.25. The van der Waals surface area contributed by atoms with Gasteiger partial charge in [-0.3, -0.25) is 9.20 Å². The maximum Gasteiger partial charge on any atom is 0.234 e. The van der Waals surface area contributed by atoms with Crippen LogP contribution in [0.15, 0.2) is 59.8 Å². The summed E-state index contributed by atoms with van der Waals surface area (Å²) < 4.78 is 2.02. The molecule has 0 bridgehead atoms. The van der Waals surface area contributed by atoms with Crippen LogP contribution in [-0.2, 0) is 4.79 Å². The minimum absolute atomic E-state index is 0.0427. The van der Waals surface area contributed by atoms with E-state index in [0.717, 1.165) is 39.4 Å². The van der Waals surface area contributed by atoms with Gasteiger partial charge in [-0.25, -0.2) is 0 Å². The first-order chi connectivity index (χ1) is 14.1. The van der Waals surface area contributed by atoms with Crippen molar-refractivity contribution in [3.8, 4) is 0 Å². The van der Waals surface area contributed by atoms with Crippen molar-refractivity contribution in [1.29, 1.82) is 0 Å². The van der Waals surface area contributed by atoms with E-state index in [1.54, 1.807) is 0 Å². The van der Waals surface area contributed by atoms with E-state index in [0.29, 0.717) is 5.92 Å². The Bertz CT molecular complexity index is 1180. The Kier molecular flexibility index (Phi) is 5.53. The number of hydrogen-bond donors (Lipinski definition) is 1. The van der Waals surface area contributed by atoms with Gasteiger partial charge in [-0.15, -0.1) is 10.2 Å². The molecule has 1 atom stereocenters. The van der Waals surface area contributed by atoms with Crippen molar-refractivity contribution in [3.63, 3.8) is 0 Å². The SMILES string of the molecule is CCC(C)c1ccccc1NC(=O)CSc1nnc2cc(C)c3ccccc3n12. The maximum atomic E-state index is 12.6. The number of hydrogen-bond acceptors (Lipinski definition) is 4. The van der Waals surface area contributed by atoms with Crippen LogP contribution in [0.4, 0.5) is 5.69 Å². The molecule has 5 nitrogen and oxygen atoms in total. The number of anilines is 1. The van der Waals surface area contributed by atoms with Crippen molar-refractivity contribution < 1.29 is 4.79 Å². The summed E-state index contributed by atoms with van der Waals surface area (Å²) in [5.74, 6) is 0.630. The highest BCUT2D eigenvalue weighted by atomic mass is 32.2. The maximum absolute atomic E-state index is 12.6. The Hall–Kier alpha value is -2.86. The number of aromatic nitrogens is 3. The molecular formula is C23H24N4OS. The molecule has 1 N–H and O–H groups in total. The Morgan fingerprint density at radius 1 is 1.14 bits per heavy atom. The molecule has 6 heteroatoms. The predicted molar refractivity (Wildman–Crippen MR) is 120 cm³/mol. The number of para-hydroxylation sites is 2. The second-order valence-corrected chi connectivity index (χ2v) is 8.20. The molecule has 0 saturated carbocycles. The summed E-state index contributed by atoms with van der Waals surface area (Å²) in [4.78, 5) is 12.6. The molecule has 0 spiro atoms. The molecule has 0 aliphatic carbocycles. The van der Waals surface area contributed by atoms with E-state index >= 15 is 0 Å². The summed E-state index contributed by atoms with van der Waals surface area (Å²) in [5, 5.41) is 13.6. The highest BCUT2D eigenvalue weighted by molar-refractivity contribution is 7.99. The minimum Gasteiger partial charge on any atom is -0.325 e. The topological polar surface area (TPSA) is 59.3 Å². The van der Waals surface area contributed by atoms with Gasteiger partial charge in [0, 0.05) is 11.1 Å². The van der Waals surface area contributed by atoms with Gasteiger partial charge in [-0.05, 0) is 48.6 Å². The predicted octanol–water partition coefficient (Wildman–Crippen LogP) is 5.44. The fourth-order valence-electron chi connectivity index (χ4n) is 3.55. The fraction of sp³-hybridized carbons (Fsp3) is 0.261. The number of nitrogens with one attached hydrogen (secondary N) is 1. The van der Waals surface area contributed by atoms with Crippen LogP contribution < -0.4 is 5.32 Å². The van der Waals surface area contributed by atoms with Crippen LogP contribution in [0.2, 0.25) is 0 Å². The van der Waals surface area contributed by atoms with E-state index in [-0.39, 0.29) is 11.7 Å². The summed E-state index contributed by atoms with van der Waals surface area (Å²) >= 11 is 1.40. The number of rotatable bonds is 6. The van der Waals surface area contributed by atoms with E-state index in [2.05, 4.69) is 54.5 Å². The molecule has 29 heavy (non-hydrogen) atoms. The average molecular weight is 405 g/mol. The lowest BCUT2D eigenvalue weighted by Gasteiger charge is -2.15. The van der Waals surface area contributed by atoms with Crippen molar-refractivity contribution in [3.05, 3.63) is 65.7 Å². The van der Waals surface area contributed by atoms with Gasteiger partial charge < -0.3 is 5.32 Å². The quantitative estimate of drug-likeness (QED) is 0.435.